The van der Waals surface area contributed by atoms with Gasteiger partial charge in [0.05, 0.1) is 6.10 Å². The number of rotatable bonds is 0. The van der Waals surface area contributed by atoms with Gasteiger partial charge in [-0.3, -0.25) is 0 Å². The summed E-state index contributed by atoms with van der Waals surface area (Å²) in [5, 5.41) is 0. The molecule has 2 rings (SSSR count). The molecule has 1 saturated carbocycles. The van der Waals surface area contributed by atoms with Crippen LogP contribution in [0.3, 0.4) is 0 Å². The molecular formula is C7H11IO. The second-order valence-electron chi connectivity index (χ2n) is 2.98. The van der Waals surface area contributed by atoms with Crippen molar-refractivity contribution >= 4 is 22.6 Å². The van der Waals surface area contributed by atoms with Crippen molar-refractivity contribution in [3.8, 4) is 0 Å². The monoisotopic (exact) mass is 238 g/mol. The number of alkyl halides is 1. The van der Waals surface area contributed by atoms with Gasteiger partial charge in [-0.05, 0) is 25.2 Å². The molecule has 1 nitrogen and oxygen atoms in total. The highest BCUT2D eigenvalue weighted by atomic mass is 127. The van der Waals surface area contributed by atoms with Crippen LogP contribution in [0.15, 0.2) is 0 Å². The molecule has 0 bridgehead atoms. The van der Waals surface area contributed by atoms with Gasteiger partial charge in [-0.25, -0.2) is 0 Å². The molecule has 3 atom stereocenters. The lowest BCUT2D eigenvalue weighted by molar-refractivity contribution is 0.109. The van der Waals surface area contributed by atoms with E-state index in [4.69, 9.17) is 4.74 Å². The minimum absolute atomic E-state index is 0.630. The predicted octanol–water partition coefficient (Wildman–Crippen LogP) is 1.99. The van der Waals surface area contributed by atoms with Gasteiger partial charge in [0, 0.05) is 10.5 Å². The third kappa shape index (κ3) is 1.00. The molecule has 1 heterocycles. The Hall–Kier alpha value is 0.690. The number of fused-ring (bicyclic) bond motifs is 1. The molecule has 1 aliphatic heterocycles. The lowest BCUT2D eigenvalue weighted by Gasteiger charge is -2.10. The number of hydrogen-bond donors (Lipinski definition) is 0. The van der Waals surface area contributed by atoms with E-state index in [2.05, 4.69) is 22.6 Å². The van der Waals surface area contributed by atoms with Crippen molar-refractivity contribution in [1.82, 2.24) is 0 Å². The molecule has 1 saturated heterocycles. The van der Waals surface area contributed by atoms with Crippen molar-refractivity contribution < 1.29 is 4.74 Å². The Labute approximate surface area is 69.3 Å². The van der Waals surface area contributed by atoms with Crippen LogP contribution in [0.2, 0.25) is 0 Å². The Morgan fingerprint density at radius 1 is 1.22 bits per heavy atom. The third-order valence-electron chi connectivity index (χ3n) is 2.43. The van der Waals surface area contributed by atoms with E-state index in [9.17, 15) is 0 Å². The first-order valence-corrected chi connectivity index (χ1v) is 4.88. The first kappa shape index (κ1) is 6.40. The zero-order valence-electron chi connectivity index (χ0n) is 5.35. The Bertz CT molecular complexity index is 115. The SMILES string of the molecule is I[C@@H]1CC[C@H]2CCO[C@H]21. The maximum Gasteiger partial charge on any atom is 0.0721 e. The third-order valence-corrected chi connectivity index (χ3v) is 3.76. The fourth-order valence-corrected chi connectivity index (χ4v) is 3.06. The lowest BCUT2D eigenvalue weighted by atomic mass is 10.1. The average Bonchev–Trinajstić information content (AvgIpc) is 2.35. The second-order valence-corrected chi connectivity index (χ2v) is 4.58. The van der Waals surface area contributed by atoms with Gasteiger partial charge < -0.3 is 4.74 Å². The molecule has 52 valence electrons. The van der Waals surface area contributed by atoms with E-state index in [1.165, 1.54) is 19.3 Å². The summed E-state index contributed by atoms with van der Waals surface area (Å²) < 4.78 is 6.40. The standard InChI is InChI=1S/C7H11IO/c8-6-2-1-5-3-4-9-7(5)6/h5-7H,1-4H2/t5-,6+,7+/m0/s1. The number of hydrogen-bond acceptors (Lipinski definition) is 1. The fourth-order valence-electron chi connectivity index (χ4n) is 1.90. The molecule has 0 aromatic rings. The summed E-state index contributed by atoms with van der Waals surface area (Å²) in [5.41, 5.74) is 0. The van der Waals surface area contributed by atoms with E-state index in [1.54, 1.807) is 0 Å². The van der Waals surface area contributed by atoms with E-state index in [0.29, 0.717) is 6.10 Å². The van der Waals surface area contributed by atoms with Gasteiger partial charge in [-0.15, -0.1) is 0 Å². The zero-order valence-corrected chi connectivity index (χ0v) is 7.50. The van der Waals surface area contributed by atoms with E-state index in [0.717, 1.165) is 16.4 Å². The smallest absolute Gasteiger partial charge is 0.0721 e. The van der Waals surface area contributed by atoms with Gasteiger partial charge in [0.2, 0.25) is 0 Å². The van der Waals surface area contributed by atoms with Crippen LogP contribution in [0.5, 0.6) is 0 Å². The van der Waals surface area contributed by atoms with Crippen LogP contribution in [0, 0.1) is 5.92 Å². The molecule has 0 N–H and O–H groups in total. The van der Waals surface area contributed by atoms with Crippen LogP contribution in [0.25, 0.3) is 0 Å². The highest BCUT2D eigenvalue weighted by Crippen LogP contribution is 2.39. The first-order valence-electron chi connectivity index (χ1n) is 3.63. The normalized spacial score (nSPS) is 49.7. The van der Waals surface area contributed by atoms with Crippen molar-refractivity contribution in [1.29, 1.82) is 0 Å². The van der Waals surface area contributed by atoms with E-state index in [-0.39, 0.29) is 0 Å². The van der Waals surface area contributed by atoms with Crippen LogP contribution in [0.1, 0.15) is 19.3 Å². The van der Waals surface area contributed by atoms with E-state index < -0.39 is 0 Å². The van der Waals surface area contributed by atoms with Crippen molar-refractivity contribution in [3.63, 3.8) is 0 Å². The van der Waals surface area contributed by atoms with Crippen molar-refractivity contribution in [3.05, 3.63) is 0 Å². The van der Waals surface area contributed by atoms with Gasteiger partial charge in [-0.2, -0.15) is 0 Å². The molecule has 2 heteroatoms. The van der Waals surface area contributed by atoms with Crippen molar-refractivity contribution in [2.45, 2.75) is 29.3 Å². The molecule has 0 spiro atoms. The van der Waals surface area contributed by atoms with Crippen LogP contribution >= 0.6 is 22.6 Å². The topological polar surface area (TPSA) is 9.23 Å². The number of halogens is 1. The lowest BCUT2D eigenvalue weighted by Crippen LogP contribution is -2.17. The molecule has 0 aromatic heterocycles. The molecular weight excluding hydrogens is 227 g/mol. The van der Waals surface area contributed by atoms with E-state index in [1.807, 2.05) is 0 Å². The summed E-state index contributed by atoms with van der Waals surface area (Å²) in [6, 6.07) is 0. The van der Waals surface area contributed by atoms with Gasteiger partial charge in [0.15, 0.2) is 0 Å². The van der Waals surface area contributed by atoms with Gasteiger partial charge in [-0.1, -0.05) is 22.6 Å². The molecule has 2 aliphatic rings. The zero-order chi connectivity index (χ0) is 6.27. The Kier molecular flexibility index (Phi) is 1.69. The molecule has 9 heavy (non-hydrogen) atoms. The Morgan fingerprint density at radius 2 is 2.11 bits per heavy atom. The van der Waals surface area contributed by atoms with E-state index >= 15 is 0 Å². The summed E-state index contributed by atoms with van der Waals surface area (Å²) >= 11 is 2.52. The minimum atomic E-state index is 0.630. The van der Waals surface area contributed by atoms with Crippen molar-refractivity contribution in [2.75, 3.05) is 6.61 Å². The van der Waals surface area contributed by atoms with Crippen LogP contribution in [-0.4, -0.2) is 16.6 Å². The maximum absolute atomic E-state index is 5.58. The van der Waals surface area contributed by atoms with Gasteiger partial charge in [0.25, 0.3) is 0 Å². The summed E-state index contributed by atoms with van der Waals surface area (Å²) in [7, 11) is 0. The first-order chi connectivity index (χ1) is 4.38. The van der Waals surface area contributed by atoms with Crippen LogP contribution in [-0.2, 0) is 4.74 Å². The molecule has 0 radical (unpaired) electrons. The highest BCUT2D eigenvalue weighted by molar-refractivity contribution is 14.1. The molecule has 0 aromatic carbocycles. The Balaban J connectivity index is 2.07. The summed E-state index contributed by atoms with van der Waals surface area (Å²) in [5.74, 6) is 0.923. The fraction of sp³-hybridized carbons (Fsp3) is 1.00. The minimum Gasteiger partial charge on any atom is -0.377 e. The highest BCUT2D eigenvalue weighted by Gasteiger charge is 2.38. The van der Waals surface area contributed by atoms with Gasteiger partial charge >= 0.3 is 0 Å². The average molecular weight is 238 g/mol. The maximum atomic E-state index is 5.58. The second kappa shape index (κ2) is 2.38. The van der Waals surface area contributed by atoms with Gasteiger partial charge in [0.1, 0.15) is 0 Å². The number of ether oxygens (including phenoxy) is 1. The Morgan fingerprint density at radius 3 is 2.89 bits per heavy atom. The molecule has 2 fully saturated rings. The largest absolute Gasteiger partial charge is 0.377 e. The molecule has 1 aliphatic carbocycles. The summed E-state index contributed by atoms with van der Waals surface area (Å²) in [6.07, 6.45) is 4.75. The van der Waals surface area contributed by atoms with Crippen molar-refractivity contribution in [2.24, 2.45) is 5.92 Å². The quantitative estimate of drug-likeness (QED) is 0.463. The predicted molar refractivity (Wildman–Crippen MR) is 44.9 cm³/mol. The van der Waals surface area contributed by atoms with Crippen LogP contribution in [0.4, 0.5) is 0 Å². The van der Waals surface area contributed by atoms with Crippen LogP contribution < -0.4 is 0 Å². The molecule has 0 unspecified atom stereocenters. The summed E-state index contributed by atoms with van der Waals surface area (Å²) in [4.78, 5) is 0. The molecule has 0 amide bonds. The summed E-state index contributed by atoms with van der Waals surface area (Å²) in [6.45, 7) is 1.02.